The van der Waals surface area contributed by atoms with Crippen molar-refractivity contribution in [2.75, 3.05) is 44.2 Å². The van der Waals surface area contributed by atoms with Crippen LogP contribution < -0.4 is 10.2 Å². The van der Waals surface area contributed by atoms with Gasteiger partial charge in [0.1, 0.15) is 0 Å². The first-order valence-corrected chi connectivity index (χ1v) is 7.38. The van der Waals surface area contributed by atoms with Crippen molar-refractivity contribution in [2.24, 2.45) is 0 Å². The number of benzene rings is 1. The van der Waals surface area contributed by atoms with Crippen LogP contribution in [0.5, 0.6) is 0 Å². The zero-order valence-electron chi connectivity index (χ0n) is 11.9. The lowest BCUT2D eigenvalue weighted by molar-refractivity contribution is -0.146. The van der Waals surface area contributed by atoms with Gasteiger partial charge in [0.25, 0.3) is 0 Å². The molecule has 0 aromatic heterocycles. The van der Waals surface area contributed by atoms with Gasteiger partial charge < -0.3 is 10.2 Å². The number of rotatable bonds is 2. The number of hydrogen-bond acceptors (Lipinski definition) is 3. The summed E-state index contributed by atoms with van der Waals surface area (Å²) in [5, 5.41) is 3.37. The average Bonchev–Trinajstić information content (AvgIpc) is 2.46. The van der Waals surface area contributed by atoms with E-state index in [1.807, 2.05) is 0 Å². The molecule has 2 heterocycles. The highest BCUT2D eigenvalue weighted by atomic mass is 19.4. The number of halogens is 3. The molecule has 0 aliphatic carbocycles. The van der Waals surface area contributed by atoms with E-state index in [1.54, 1.807) is 0 Å². The third-order valence-electron chi connectivity index (χ3n) is 4.24. The molecule has 0 amide bonds. The van der Waals surface area contributed by atoms with E-state index in [1.165, 1.54) is 21.7 Å². The normalized spacial score (nSPS) is 20.4. The third kappa shape index (κ3) is 3.49. The van der Waals surface area contributed by atoms with Crippen LogP contribution in [0.4, 0.5) is 18.9 Å². The van der Waals surface area contributed by atoms with Crippen LogP contribution in [0.2, 0.25) is 0 Å². The Hall–Kier alpha value is -1.27. The minimum absolute atomic E-state index is 0.469. The third-order valence-corrected chi connectivity index (χ3v) is 4.24. The van der Waals surface area contributed by atoms with Gasteiger partial charge in [0, 0.05) is 38.4 Å². The average molecular weight is 299 g/mol. The van der Waals surface area contributed by atoms with E-state index in [0.29, 0.717) is 26.2 Å². The summed E-state index contributed by atoms with van der Waals surface area (Å²) in [5.41, 5.74) is 3.86. The molecule has 3 nitrogen and oxygen atoms in total. The summed E-state index contributed by atoms with van der Waals surface area (Å²) in [7, 11) is 0. The van der Waals surface area contributed by atoms with Gasteiger partial charge in [0.05, 0.1) is 6.54 Å². The molecule has 1 aromatic carbocycles. The Labute approximate surface area is 122 Å². The molecule has 1 N–H and O–H groups in total. The fourth-order valence-corrected chi connectivity index (χ4v) is 3.19. The number of nitrogens with zero attached hydrogens (tertiary/aromatic N) is 2. The quantitative estimate of drug-likeness (QED) is 0.901. The summed E-state index contributed by atoms with van der Waals surface area (Å²) >= 11 is 0. The van der Waals surface area contributed by atoms with Crippen LogP contribution in [0.25, 0.3) is 0 Å². The number of alkyl halides is 3. The molecule has 0 unspecified atom stereocenters. The summed E-state index contributed by atoms with van der Waals surface area (Å²) in [6.45, 7) is 3.31. The molecule has 0 saturated carbocycles. The van der Waals surface area contributed by atoms with Gasteiger partial charge in [-0.25, -0.2) is 0 Å². The summed E-state index contributed by atoms with van der Waals surface area (Å²) in [5.74, 6) is 0. The fraction of sp³-hybridized carbons (Fsp3) is 0.600. The summed E-state index contributed by atoms with van der Waals surface area (Å²) in [6, 6.07) is 6.30. The minimum atomic E-state index is -4.10. The Morgan fingerprint density at radius 1 is 1.10 bits per heavy atom. The van der Waals surface area contributed by atoms with Crippen LogP contribution in [-0.4, -0.2) is 50.3 Å². The first-order chi connectivity index (χ1) is 10.0. The van der Waals surface area contributed by atoms with Gasteiger partial charge in [-0.15, -0.1) is 0 Å². The maximum atomic E-state index is 12.4. The smallest absolute Gasteiger partial charge is 0.369 e. The lowest BCUT2D eigenvalue weighted by atomic mass is 9.98. The van der Waals surface area contributed by atoms with Gasteiger partial charge in [-0.2, -0.15) is 13.2 Å². The summed E-state index contributed by atoms with van der Waals surface area (Å²) < 4.78 is 37.3. The predicted molar refractivity (Wildman–Crippen MR) is 76.6 cm³/mol. The first kappa shape index (κ1) is 14.7. The van der Waals surface area contributed by atoms with E-state index >= 15 is 0 Å². The Morgan fingerprint density at radius 3 is 2.57 bits per heavy atom. The highest BCUT2D eigenvalue weighted by molar-refractivity contribution is 5.58. The van der Waals surface area contributed by atoms with Crippen molar-refractivity contribution >= 4 is 5.69 Å². The zero-order valence-corrected chi connectivity index (χ0v) is 11.9. The molecule has 2 aliphatic heterocycles. The molecule has 6 heteroatoms. The van der Waals surface area contributed by atoms with Crippen molar-refractivity contribution in [3.63, 3.8) is 0 Å². The fourth-order valence-electron chi connectivity index (χ4n) is 3.19. The molecule has 2 aliphatic rings. The number of anilines is 1. The Morgan fingerprint density at radius 2 is 1.86 bits per heavy atom. The van der Waals surface area contributed by atoms with Crippen LogP contribution >= 0.6 is 0 Å². The molecule has 116 valence electrons. The first-order valence-electron chi connectivity index (χ1n) is 7.38. The standard InChI is InChI=1S/C15H20F3N3/c16-15(17,18)11-20-6-8-21(9-7-20)14-3-1-2-12-4-5-19-10-13(12)14/h1-3,19H,4-11H2. The molecule has 0 atom stereocenters. The largest absolute Gasteiger partial charge is 0.401 e. The highest BCUT2D eigenvalue weighted by Crippen LogP contribution is 2.27. The topological polar surface area (TPSA) is 18.5 Å². The maximum absolute atomic E-state index is 12.4. The van der Waals surface area contributed by atoms with E-state index in [2.05, 4.69) is 28.4 Å². The van der Waals surface area contributed by atoms with Gasteiger partial charge in [0.2, 0.25) is 0 Å². The maximum Gasteiger partial charge on any atom is 0.401 e. The van der Waals surface area contributed by atoms with Crippen molar-refractivity contribution in [1.29, 1.82) is 0 Å². The van der Waals surface area contributed by atoms with Crippen LogP contribution in [0.3, 0.4) is 0 Å². The Kier molecular flexibility index (Phi) is 4.08. The molecule has 1 aromatic rings. The minimum Gasteiger partial charge on any atom is -0.369 e. The van der Waals surface area contributed by atoms with Gasteiger partial charge >= 0.3 is 6.18 Å². The molecule has 21 heavy (non-hydrogen) atoms. The number of hydrogen-bond donors (Lipinski definition) is 1. The second-order valence-electron chi connectivity index (χ2n) is 5.72. The molecule has 0 bridgehead atoms. The van der Waals surface area contributed by atoms with Crippen molar-refractivity contribution in [2.45, 2.75) is 19.1 Å². The molecule has 1 fully saturated rings. The van der Waals surface area contributed by atoms with Gasteiger partial charge in [-0.1, -0.05) is 12.1 Å². The lowest BCUT2D eigenvalue weighted by Crippen LogP contribution is -2.49. The predicted octanol–water partition coefficient (Wildman–Crippen LogP) is 2.02. The number of fused-ring (bicyclic) bond motifs is 1. The highest BCUT2D eigenvalue weighted by Gasteiger charge is 2.32. The lowest BCUT2D eigenvalue weighted by Gasteiger charge is -2.38. The van der Waals surface area contributed by atoms with E-state index in [0.717, 1.165) is 19.5 Å². The van der Waals surface area contributed by atoms with Crippen molar-refractivity contribution in [1.82, 2.24) is 10.2 Å². The van der Waals surface area contributed by atoms with Crippen molar-refractivity contribution in [3.8, 4) is 0 Å². The Balaban J connectivity index is 1.67. The van der Waals surface area contributed by atoms with E-state index in [4.69, 9.17) is 0 Å². The molecule has 1 saturated heterocycles. The van der Waals surface area contributed by atoms with Crippen LogP contribution in [-0.2, 0) is 13.0 Å². The zero-order chi connectivity index (χ0) is 14.9. The molecule has 0 spiro atoms. The van der Waals surface area contributed by atoms with Gasteiger partial charge in [-0.3, -0.25) is 4.90 Å². The van der Waals surface area contributed by atoms with E-state index in [-0.39, 0.29) is 0 Å². The SMILES string of the molecule is FC(F)(F)CN1CCN(c2cccc3c2CNCC3)CC1. The molecule has 0 radical (unpaired) electrons. The second-order valence-corrected chi connectivity index (χ2v) is 5.72. The van der Waals surface area contributed by atoms with Gasteiger partial charge in [0.15, 0.2) is 0 Å². The molecular weight excluding hydrogens is 279 g/mol. The van der Waals surface area contributed by atoms with E-state index < -0.39 is 12.7 Å². The summed E-state index contributed by atoms with van der Waals surface area (Å²) in [4.78, 5) is 3.71. The monoisotopic (exact) mass is 299 g/mol. The molecule has 3 rings (SSSR count). The van der Waals surface area contributed by atoms with Crippen LogP contribution in [0.1, 0.15) is 11.1 Å². The van der Waals surface area contributed by atoms with E-state index in [9.17, 15) is 13.2 Å². The van der Waals surface area contributed by atoms with Crippen LogP contribution in [0.15, 0.2) is 18.2 Å². The number of piperazine rings is 1. The Bertz CT molecular complexity index is 493. The second kappa shape index (κ2) is 5.85. The molecular formula is C15H20F3N3. The van der Waals surface area contributed by atoms with Crippen molar-refractivity contribution in [3.05, 3.63) is 29.3 Å². The number of nitrogens with one attached hydrogen (secondary N) is 1. The van der Waals surface area contributed by atoms with Gasteiger partial charge in [-0.05, 0) is 30.2 Å². The van der Waals surface area contributed by atoms with Crippen LogP contribution in [0, 0.1) is 0 Å². The summed E-state index contributed by atoms with van der Waals surface area (Å²) in [6.07, 6.45) is -3.07. The van der Waals surface area contributed by atoms with Crippen molar-refractivity contribution < 1.29 is 13.2 Å².